The normalized spacial score (nSPS) is 10.8. The number of thioether (sulfide) groups is 1. The second kappa shape index (κ2) is 10.2. The van der Waals surface area contributed by atoms with E-state index in [0.29, 0.717) is 17.9 Å². The highest BCUT2D eigenvalue weighted by Gasteiger charge is 2.16. The quantitative estimate of drug-likeness (QED) is 0.396. The molecule has 1 N–H and O–H groups in total. The zero-order valence-electron chi connectivity index (χ0n) is 17.5. The van der Waals surface area contributed by atoms with Crippen molar-refractivity contribution in [2.75, 3.05) is 0 Å². The van der Waals surface area contributed by atoms with Crippen LogP contribution in [-0.4, -0.2) is 25.7 Å². The van der Waals surface area contributed by atoms with Crippen molar-refractivity contribution in [2.24, 2.45) is 0 Å². The minimum atomic E-state index is -0.297. The zero-order valence-corrected chi connectivity index (χ0v) is 18.3. The molecule has 162 valence electrons. The molecule has 0 aliphatic rings. The topological polar surface area (TPSA) is 72.7 Å². The molecule has 2 aromatic heterocycles. The molecule has 4 rings (SSSR count). The predicted octanol–water partition coefficient (Wildman–Crippen LogP) is 4.72. The van der Waals surface area contributed by atoms with E-state index in [4.69, 9.17) is 0 Å². The lowest BCUT2D eigenvalue weighted by molar-refractivity contribution is 0.0950. The van der Waals surface area contributed by atoms with Crippen LogP contribution < -0.4 is 5.32 Å². The van der Waals surface area contributed by atoms with Gasteiger partial charge in [0.05, 0.1) is 0 Å². The molecular formula is C24H22FN5OS. The lowest BCUT2D eigenvalue weighted by Gasteiger charge is -2.11. The van der Waals surface area contributed by atoms with Gasteiger partial charge in [0.15, 0.2) is 11.0 Å². The number of aromatic nitrogens is 4. The number of benzene rings is 2. The van der Waals surface area contributed by atoms with E-state index in [1.165, 1.54) is 23.9 Å². The highest BCUT2D eigenvalue weighted by molar-refractivity contribution is 7.98. The number of carbonyl (C=O) groups excluding carboxylic acids is 1. The third-order valence-electron chi connectivity index (χ3n) is 4.94. The van der Waals surface area contributed by atoms with Gasteiger partial charge in [-0.25, -0.2) is 4.39 Å². The van der Waals surface area contributed by atoms with E-state index in [2.05, 4.69) is 20.5 Å². The number of rotatable bonds is 8. The molecule has 0 unspecified atom stereocenters. The van der Waals surface area contributed by atoms with Crippen LogP contribution in [0.3, 0.4) is 0 Å². The Labute approximate surface area is 189 Å². The van der Waals surface area contributed by atoms with Crippen molar-refractivity contribution < 1.29 is 9.18 Å². The molecule has 4 aromatic rings. The van der Waals surface area contributed by atoms with Gasteiger partial charge in [-0.2, -0.15) is 0 Å². The molecule has 0 aliphatic heterocycles. The molecule has 0 atom stereocenters. The van der Waals surface area contributed by atoms with Crippen LogP contribution in [0.5, 0.6) is 0 Å². The number of nitrogens with zero attached hydrogens (tertiary/aromatic N) is 4. The summed E-state index contributed by atoms with van der Waals surface area (Å²) in [5, 5.41) is 12.4. The summed E-state index contributed by atoms with van der Waals surface area (Å²) in [5.74, 6) is 0.881. The van der Waals surface area contributed by atoms with Gasteiger partial charge in [0, 0.05) is 42.4 Å². The number of halogens is 1. The first-order chi connectivity index (χ1) is 15.7. The van der Waals surface area contributed by atoms with Crippen LogP contribution in [0, 0.1) is 5.82 Å². The molecule has 0 radical (unpaired) electrons. The molecule has 0 fully saturated rings. The van der Waals surface area contributed by atoms with Gasteiger partial charge in [0.25, 0.3) is 5.91 Å². The lowest BCUT2D eigenvalue weighted by Crippen LogP contribution is -2.23. The molecule has 0 bridgehead atoms. The van der Waals surface area contributed by atoms with Crippen LogP contribution in [0.2, 0.25) is 0 Å². The van der Waals surface area contributed by atoms with E-state index in [1.807, 2.05) is 47.9 Å². The second-order valence-corrected chi connectivity index (χ2v) is 7.99. The summed E-state index contributed by atoms with van der Waals surface area (Å²) in [6.45, 7) is 3.10. The first-order valence-corrected chi connectivity index (χ1v) is 11.2. The predicted molar refractivity (Wildman–Crippen MR) is 123 cm³/mol. The summed E-state index contributed by atoms with van der Waals surface area (Å²) in [4.78, 5) is 17.0. The number of carbonyl (C=O) groups is 1. The Morgan fingerprint density at radius 3 is 2.62 bits per heavy atom. The molecule has 0 saturated carbocycles. The van der Waals surface area contributed by atoms with Crippen LogP contribution in [0.1, 0.15) is 28.4 Å². The first-order valence-electron chi connectivity index (χ1n) is 10.2. The van der Waals surface area contributed by atoms with E-state index in [0.717, 1.165) is 34.2 Å². The Bertz CT molecular complexity index is 1190. The highest BCUT2D eigenvalue weighted by Crippen LogP contribution is 2.27. The molecule has 8 heteroatoms. The number of amides is 1. The van der Waals surface area contributed by atoms with Gasteiger partial charge < -0.3 is 9.88 Å². The summed E-state index contributed by atoms with van der Waals surface area (Å²) in [6.07, 6.45) is 3.50. The van der Waals surface area contributed by atoms with Gasteiger partial charge in [0.1, 0.15) is 5.82 Å². The maximum absolute atomic E-state index is 13.1. The standard InChI is InChI=1S/C24H22FN5OS/c1-2-30-22(18-7-5-13-26-15-18)28-29-24(30)32-16-19-6-3-4-8-21(19)23(31)27-14-17-9-11-20(25)12-10-17/h3-13,15H,2,14,16H2,1H3,(H,27,31). The van der Waals surface area contributed by atoms with Crippen LogP contribution >= 0.6 is 11.8 Å². The molecule has 2 heterocycles. The lowest BCUT2D eigenvalue weighted by atomic mass is 10.1. The summed E-state index contributed by atoms with van der Waals surface area (Å²) in [6, 6.07) is 17.4. The fourth-order valence-electron chi connectivity index (χ4n) is 3.28. The average molecular weight is 448 g/mol. The van der Waals surface area contributed by atoms with Crippen molar-refractivity contribution in [2.45, 2.75) is 30.9 Å². The Hall–Kier alpha value is -3.52. The third-order valence-corrected chi connectivity index (χ3v) is 5.95. The zero-order chi connectivity index (χ0) is 22.3. The van der Waals surface area contributed by atoms with Crippen LogP contribution in [0.4, 0.5) is 4.39 Å². The van der Waals surface area contributed by atoms with Crippen molar-refractivity contribution >= 4 is 17.7 Å². The SMILES string of the molecule is CCn1c(SCc2ccccc2C(=O)NCc2ccc(F)cc2)nnc1-c1cccnc1. The van der Waals surface area contributed by atoms with Crippen molar-refractivity contribution in [3.63, 3.8) is 0 Å². The monoisotopic (exact) mass is 447 g/mol. The van der Waals surface area contributed by atoms with Crippen molar-refractivity contribution in [1.29, 1.82) is 0 Å². The summed E-state index contributed by atoms with van der Waals surface area (Å²) < 4.78 is 15.1. The van der Waals surface area contributed by atoms with Crippen molar-refractivity contribution in [1.82, 2.24) is 25.1 Å². The van der Waals surface area contributed by atoms with Gasteiger partial charge in [-0.05, 0) is 48.4 Å². The minimum Gasteiger partial charge on any atom is -0.348 e. The molecule has 0 spiro atoms. The van der Waals surface area contributed by atoms with E-state index >= 15 is 0 Å². The largest absolute Gasteiger partial charge is 0.348 e. The highest BCUT2D eigenvalue weighted by atomic mass is 32.2. The van der Waals surface area contributed by atoms with Crippen molar-refractivity contribution in [3.8, 4) is 11.4 Å². The third kappa shape index (κ3) is 5.03. The van der Waals surface area contributed by atoms with Gasteiger partial charge in [-0.15, -0.1) is 10.2 Å². The fraction of sp³-hybridized carbons (Fsp3) is 0.167. The number of hydrogen-bond acceptors (Lipinski definition) is 5. The second-order valence-electron chi connectivity index (χ2n) is 7.05. The Morgan fingerprint density at radius 2 is 1.88 bits per heavy atom. The van der Waals surface area contributed by atoms with E-state index in [-0.39, 0.29) is 11.7 Å². The van der Waals surface area contributed by atoms with Crippen LogP contribution in [0.25, 0.3) is 11.4 Å². The number of hydrogen-bond donors (Lipinski definition) is 1. The molecular weight excluding hydrogens is 425 g/mol. The summed E-state index contributed by atoms with van der Waals surface area (Å²) >= 11 is 1.54. The van der Waals surface area contributed by atoms with Gasteiger partial charge in [-0.3, -0.25) is 9.78 Å². The van der Waals surface area contributed by atoms with Crippen molar-refractivity contribution in [3.05, 3.63) is 95.6 Å². The van der Waals surface area contributed by atoms with Gasteiger partial charge in [0.2, 0.25) is 0 Å². The Morgan fingerprint density at radius 1 is 1.06 bits per heavy atom. The van der Waals surface area contributed by atoms with E-state index in [1.54, 1.807) is 24.5 Å². The molecule has 0 aliphatic carbocycles. The maximum Gasteiger partial charge on any atom is 0.251 e. The Kier molecular flexibility index (Phi) is 6.91. The van der Waals surface area contributed by atoms with Crippen LogP contribution in [0.15, 0.2) is 78.2 Å². The van der Waals surface area contributed by atoms with Crippen LogP contribution in [-0.2, 0) is 18.8 Å². The maximum atomic E-state index is 13.1. The average Bonchev–Trinajstić information content (AvgIpc) is 3.26. The van der Waals surface area contributed by atoms with E-state index in [9.17, 15) is 9.18 Å². The molecule has 0 saturated heterocycles. The number of pyridine rings is 1. The summed E-state index contributed by atoms with van der Waals surface area (Å²) in [7, 11) is 0. The molecule has 6 nitrogen and oxygen atoms in total. The number of nitrogens with one attached hydrogen (secondary N) is 1. The smallest absolute Gasteiger partial charge is 0.251 e. The minimum absolute atomic E-state index is 0.168. The molecule has 32 heavy (non-hydrogen) atoms. The van der Waals surface area contributed by atoms with Gasteiger partial charge in [-0.1, -0.05) is 42.1 Å². The summed E-state index contributed by atoms with van der Waals surface area (Å²) in [5.41, 5.74) is 3.26. The molecule has 2 aromatic carbocycles. The van der Waals surface area contributed by atoms with E-state index < -0.39 is 0 Å². The van der Waals surface area contributed by atoms with Gasteiger partial charge >= 0.3 is 0 Å². The Balaban J connectivity index is 1.46. The molecule has 1 amide bonds. The fourth-order valence-corrected chi connectivity index (χ4v) is 4.29. The first kappa shape index (κ1) is 21.7.